The minimum atomic E-state index is -0.705. The third-order valence-corrected chi connectivity index (χ3v) is 4.97. The molecule has 5 heteroatoms. The van der Waals surface area contributed by atoms with Crippen molar-refractivity contribution in [3.8, 4) is 11.8 Å². The molecule has 2 atom stereocenters. The molecule has 1 saturated carbocycles. The average Bonchev–Trinajstić information content (AvgIpc) is 3.02. The van der Waals surface area contributed by atoms with Gasteiger partial charge in [-0.25, -0.2) is 4.98 Å². The van der Waals surface area contributed by atoms with Gasteiger partial charge in [0, 0.05) is 23.8 Å². The summed E-state index contributed by atoms with van der Waals surface area (Å²) >= 11 is 0. The van der Waals surface area contributed by atoms with Crippen LogP contribution in [0.3, 0.4) is 0 Å². The highest BCUT2D eigenvalue weighted by Gasteiger charge is 2.42. The molecule has 24 heavy (non-hydrogen) atoms. The first-order valence-corrected chi connectivity index (χ1v) is 8.33. The molecule has 2 unspecified atom stereocenters. The highest BCUT2D eigenvalue weighted by Crippen LogP contribution is 2.44. The highest BCUT2D eigenvalue weighted by atomic mass is 16.5. The Kier molecular flexibility index (Phi) is 4.08. The Labute approximate surface area is 141 Å². The zero-order valence-corrected chi connectivity index (χ0v) is 14.5. The summed E-state index contributed by atoms with van der Waals surface area (Å²) in [6.45, 7) is 5.92. The van der Waals surface area contributed by atoms with Crippen LogP contribution in [0.4, 0.5) is 0 Å². The monoisotopic (exact) mass is 326 g/mol. The second kappa shape index (κ2) is 5.94. The van der Waals surface area contributed by atoms with Crippen molar-refractivity contribution in [3.63, 3.8) is 0 Å². The van der Waals surface area contributed by atoms with E-state index in [1.54, 1.807) is 7.11 Å². The van der Waals surface area contributed by atoms with Gasteiger partial charge < -0.3 is 9.15 Å². The fourth-order valence-electron chi connectivity index (χ4n) is 3.52. The van der Waals surface area contributed by atoms with Gasteiger partial charge in [0.1, 0.15) is 11.3 Å². The smallest absolute Gasteiger partial charge is 0.198 e. The van der Waals surface area contributed by atoms with Gasteiger partial charge in [-0.3, -0.25) is 4.79 Å². The molecule has 126 valence electrons. The molecule has 1 aromatic carbocycles. The van der Waals surface area contributed by atoms with E-state index in [1.807, 2.05) is 32.9 Å². The predicted molar refractivity (Wildman–Crippen MR) is 90.0 cm³/mol. The molecule has 2 aromatic rings. The van der Waals surface area contributed by atoms with Crippen LogP contribution in [0.1, 0.15) is 57.4 Å². The van der Waals surface area contributed by atoms with Gasteiger partial charge in [-0.15, -0.1) is 0 Å². The van der Waals surface area contributed by atoms with Gasteiger partial charge in [-0.05, 0) is 18.9 Å². The van der Waals surface area contributed by atoms with E-state index < -0.39 is 5.41 Å². The number of hydrogen-bond donors (Lipinski definition) is 0. The molecule has 0 amide bonds. The number of hydrogen-bond acceptors (Lipinski definition) is 5. The van der Waals surface area contributed by atoms with Crippen LogP contribution in [0.5, 0.6) is 5.75 Å². The van der Waals surface area contributed by atoms with Crippen molar-refractivity contribution in [1.29, 1.82) is 5.26 Å². The lowest BCUT2D eigenvalue weighted by Crippen LogP contribution is -2.35. The lowest BCUT2D eigenvalue weighted by atomic mass is 9.66. The van der Waals surface area contributed by atoms with Crippen LogP contribution in [0.15, 0.2) is 16.5 Å². The minimum Gasteiger partial charge on any atom is -0.493 e. The lowest BCUT2D eigenvalue weighted by molar-refractivity contribution is -0.124. The van der Waals surface area contributed by atoms with Gasteiger partial charge in [0.2, 0.25) is 0 Å². The quantitative estimate of drug-likeness (QED) is 0.848. The van der Waals surface area contributed by atoms with Gasteiger partial charge >= 0.3 is 0 Å². The molecule has 1 aromatic heterocycles. The molecule has 0 spiro atoms. The van der Waals surface area contributed by atoms with Gasteiger partial charge in [0.25, 0.3) is 0 Å². The number of benzene rings is 1. The number of carbonyl (C=O) groups is 1. The van der Waals surface area contributed by atoms with E-state index in [0.29, 0.717) is 42.0 Å². The molecule has 1 fully saturated rings. The molecular weight excluding hydrogens is 304 g/mol. The maximum Gasteiger partial charge on any atom is 0.198 e. The van der Waals surface area contributed by atoms with Gasteiger partial charge in [0.15, 0.2) is 17.2 Å². The summed E-state index contributed by atoms with van der Waals surface area (Å²) in [7, 11) is 1.59. The van der Waals surface area contributed by atoms with Crippen LogP contribution in [0.25, 0.3) is 11.1 Å². The van der Waals surface area contributed by atoms with E-state index in [2.05, 4.69) is 11.1 Å². The number of nitrogens with zero attached hydrogens (tertiary/aromatic N) is 2. The maximum atomic E-state index is 11.9. The van der Waals surface area contributed by atoms with Crippen LogP contribution in [-0.2, 0) is 10.2 Å². The normalized spacial score (nSPS) is 24.3. The lowest BCUT2D eigenvalue weighted by Gasteiger charge is -2.34. The first-order chi connectivity index (χ1) is 11.4. The Morgan fingerprint density at radius 3 is 2.79 bits per heavy atom. The largest absolute Gasteiger partial charge is 0.493 e. The summed E-state index contributed by atoms with van der Waals surface area (Å²) in [6, 6.07) is 6.21. The second-order valence-corrected chi connectivity index (χ2v) is 6.97. The molecule has 1 heterocycles. The zero-order valence-electron chi connectivity index (χ0n) is 14.5. The fraction of sp³-hybridized carbons (Fsp3) is 0.526. The summed E-state index contributed by atoms with van der Waals surface area (Å²) in [5.74, 6) is 1.49. The molecule has 0 N–H and O–H groups in total. The Balaban J connectivity index is 2.22. The van der Waals surface area contributed by atoms with Crippen LogP contribution < -0.4 is 4.74 Å². The van der Waals surface area contributed by atoms with Crippen molar-refractivity contribution in [3.05, 3.63) is 23.6 Å². The highest BCUT2D eigenvalue weighted by molar-refractivity contribution is 5.86. The first kappa shape index (κ1) is 16.5. The number of ketones is 1. The predicted octanol–water partition coefficient (Wildman–Crippen LogP) is 4.11. The van der Waals surface area contributed by atoms with E-state index in [-0.39, 0.29) is 17.6 Å². The summed E-state index contributed by atoms with van der Waals surface area (Å²) < 4.78 is 11.3. The van der Waals surface area contributed by atoms with Crippen LogP contribution >= 0.6 is 0 Å². The van der Waals surface area contributed by atoms with Gasteiger partial charge in [0.05, 0.1) is 18.6 Å². The Bertz CT molecular complexity index is 831. The average molecular weight is 326 g/mol. The summed E-state index contributed by atoms with van der Waals surface area (Å²) in [5, 5.41) is 9.95. The van der Waals surface area contributed by atoms with E-state index >= 15 is 0 Å². The molecular formula is C19H22N2O3. The first-order valence-electron chi connectivity index (χ1n) is 8.33. The number of nitriles is 1. The SMILES string of the molecule is COc1ccc(C2(C#N)CCC(=O)C(C)C2)c2nc(C(C)C)oc12. The number of ether oxygens (including phenoxy) is 1. The molecule has 0 saturated heterocycles. The van der Waals surface area contributed by atoms with Crippen LogP contribution in [0, 0.1) is 17.2 Å². The Hall–Kier alpha value is -2.35. The van der Waals surface area contributed by atoms with E-state index in [1.165, 1.54) is 0 Å². The third kappa shape index (κ3) is 2.47. The van der Waals surface area contributed by atoms with Crippen molar-refractivity contribution in [2.24, 2.45) is 5.92 Å². The number of oxazole rings is 1. The summed E-state index contributed by atoms with van der Waals surface area (Å²) in [4.78, 5) is 16.6. The molecule has 3 rings (SSSR count). The third-order valence-electron chi connectivity index (χ3n) is 4.97. The number of methoxy groups -OCH3 is 1. The fourth-order valence-corrected chi connectivity index (χ4v) is 3.52. The van der Waals surface area contributed by atoms with Crippen molar-refractivity contribution in [1.82, 2.24) is 4.98 Å². The summed E-state index contributed by atoms with van der Waals surface area (Å²) in [5.41, 5.74) is 1.40. The standard InChI is InChI=1S/C19H22N2O3/c1-11(2)18-21-16-13(5-6-15(23-4)17(16)24-18)19(10-20)8-7-14(22)12(3)9-19/h5-6,11-12H,7-9H2,1-4H3. The second-order valence-electron chi connectivity index (χ2n) is 6.97. The molecule has 5 nitrogen and oxygen atoms in total. The number of fused-ring (bicyclic) bond motifs is 1. The molecule has 0 bridgehead atoms. The number of Topliss-reactive ketones (excluding diaryl/α,β-unsaturated/α-hetero) is 1. The van der Waals surface area contributed by atoms with Crippen LogP contribution in [-0.4, -0.2) is 17.9 Å². The van der Waals surface area contributed by atoms with E-state index in [9.17, 15) is 10.1 Å². The van der Waals surface area contributed by atoms with Gasteiger partial charge in [-0.1, -0.05) is 26.8 Å². The topological polar surface area (TPSA) is 76.1 Å². The van der Waals surface area contributed by atoms with Crippen molar-refractivity contribution >= 4 is 16.9 Å². The zero-order chi connectivity index (χ0) is 17.5. The van der Waals surface area contributed by atoms with E-state index in [4.69, 9.17) is 9.15 Å². The molecule has 1 aliphatic carbocycles. The number of carbonyl (C=O) groups excluding carboxylic acids is 1. The molecule has 1 aliphatic rings. The Morgan fingerprint density at radius 2 is 2.21 bits per heavy atom. The van der Waals surface area contributed by atoms with Crippen molar-refractivity contribution in [2.75, 3.05) is 7.11 Å². The minimum absolute atomic E-state index is 0.118. The molecule has 0 aliphatic heterocycles. The van der Waals surface area contributed by atoms with Gasteiger partial charge in [-0.2, -0.15) is 5.26 Å². The van der Waals surface area contributed by atoms with E-state index in [0.717, 1.165) is 5.56 Å². The molecule has 0 radical (unpaired) electrons. The number of rotatable bonds is 3. The maximum absolute atomic E-state index is 11.9. The van der Waals surface area contributed by atoms with Crippen molar-refractivity contribution < 1.29 is 13.9 Å². The number of aromatic nitrogens is 1. The van der Waals surface area contributed by atoms with Crippen molar-refractivity contribution in [2.45, 2.75) is 51.4 Å². The Morgan fingerprint density at radius 1 is 1.46 bits per heavy atom. The summed E-state index contributed by atoms with van der Waals surface area (Å²) in [6.07, 6.45) is 1.47. The van der Waals surface area contributed by atoms with Crippen LogP contribution in [0.2, 0.25) is 0 Å².